The van der Waals surface area contributed by atoms with E-state index in [9.17, 15) is 14.0 Å². The lowest BCUT2D eigenvalue weighted by molar-refractivity contribution is -0.118. The van der Waals surface area contributed by atoms with E-state index in [1.807, 2.05) is 39.5 Å². The van der Waals surface area contributed by atoms with Crippen LogP contribution in [0.2, 0.25) is 0 Å². The predicted molar refractivity (Wildman–Crippen MR) is 109 cm³/mol. The second-order valence-electron chi connectivity index (χ2n) is 7.98. The van der Waals surface area contributed by atoms with Crippen molar-refractivity contribution in [2.24, 2.45) is 0 Å². The zero-order valence-corrected chi connectivity index (χ0v) is 17.6. The summed E-state index contributed by atoms with van der Waals surface area (Å²) in [6.07, 6.45) is 0.873. The first-order valence-electron chi connectivity index (χ1n) is 9.99. The summed E-state index contributed by atoms with van der Waals surface area (Å²) in [5.41, 5.74) is 0.539. The molecule has 0 bridgehead atoms. The zero-order valence-electron chi connectivity index (χ0n) is 17.6. The molecule has 6 nitrogen and oxygen atoms in total. The number of nitrogens with zero attached hydrogens (tertiary/aromatic N) is 3. The molecule has 1 fully saturated rings. The van der Waals surface area contributed by atoms with Crippen molar-refractivity contribution in [1.82, 2.24) is 4.90 Å². The largest absolute Gasteiger partial charge is 0.444 e. The summed E-state index contributed by atoms with van der Waals surface area (Å²) in [5, 5.41) is 0. The van der Waals surface area contributed by atoms with Crippen molar-refractivity contribution in [2.75, 3.05) is 42.5 Å². The van der Waals surface area contributed by atoms with Crippen LogP contribution in [0.15, 0.2) is 18.2 Å². The maximum Gasteiger partial charge on any atom is 0.410 e. The fourth-order valence-electron chi connectivity index (χ4n) is 3.23. The van der Waals surface area contributed by atoms with Crippen LogP contribution in [-0.2, 0) is 9.53 Å². The highest BCUT2D eigenvalue weighted by Crippen LogP contribution is 2.27. The van der Waals surface area contributed by atoms with Crippen molar-refractivity contribution in [2.45, 2.75) is 53.1 Å². The van der Waals surface area contributed by atoms with Gasteiger partial charge in [-0.25, -0.2) is 9.18 Å². The molecule has 0 aliphatic carbocycles. The SMILES string of the molecule is CCCC(=O)N(CC)c1ccc(N2CCN(C(=O)OC(C)(C)C)CC2)c(F)c1. The van der Waals surface area contributed by atoms with Gasteiger partial charge in [-0.1, -0.05) is 6.92 Å². The van der Waals surface area contributed by atoms with Gasteiger partial charge in [-0.05, 0) is 52.3 Å². The van der Waals surface area contributed by atoms with Crippen LogP contribution in [0.3, 0.4) is 0 Å². The molecule has 0 spiro atoms. The molecule has 1 aliphatic heterocycles. The smallest absolute Gasteiger partial charge is 0.410 e. The molecule has 0 saturated carbocycles. The molecule has 1 aromatic rings. The lowest BCUT2D eigenvalue weighted by Gasteiger charge is -2.37. The second-order valence-corrected chi connectivity index (χ2v) is 7.98. The van der Waals surface area contributed by atoms with Gasteiger partial charge in [0.25, 0.3) is 0 Å². The summed E-state index contributed by atoms with van der Waals surface area (Å²) in [5.74, 6) is -0.353. The van der Waals surface area contributed by atoms with Gasteiger partial charge in [-0.2, -0.15) is 0 Å². The molecule has 156 valence electrons. The third-order valence-corrected chi connectivity index (χ3v) is 4.60. The van der Waals surface area contributed by atoms with E-state index >= 15 is 0 Å². The fourth-order valence-corrected chi connectivity index (χ4v) is 3.23. The summed E-state index contributed by atoms with van der Waals surface area (Å²) in [4.78, 5) is 29.6. The average Bonchev–Trinajstić information content (AvgIpc) is 2.61. The Morgan fingerprint density at radius 3 is 2.29 bits per heavy atom. The minimum absolute atomic E-state index is 0.00289. The molecule has 1 heterocycles. The third kappa shape index (κ3) is 5.59. The number of hydrogen-bond acceptors (Lipinski definition) is 4. The molecule has 28 heavy (non-hydrogen) atoms. The molecule has 1 aromatic carbocycles. The highest BCUT2D eigenvalue weighted by molar-refractivity contribution is 5.93. The Labute approximate surface area is 167 Å². The van der Waals surface area contributed by atoms with Crippen molar-refractivity contribution >= 4 is 23.4 Å². The Hall–Kier alpha value is -2.31. The van der Waals surface area contributed by atoms with E-state index in [0.717, 1.165) is 6.42 Å². The monoisotopic (exact) mass is 393 g/mol. The molecular formula is C21H32FN3O3. The number of carbonyl (C=O) groups is 2. The summed E-state index contributed by atoms with van der Waals surface area (Å²) in [6.45, 7) is 11.9. The molecule has 0 N–H and O–H groups in total. The van der Waals surface area contributed by atoms with Crippen LogP contribution in [0, 0.1) is 5.82 Å². The Morgan fingerprint density at radius 1 is 1.14 bits per heavy atom. The Bertz CT molecular complexity index is 695. The standard InChI is InChI=1S/C21H32FN3O3/c1-6-8-19(26)25(7-2)16-9-10-18(17(22)15-16)23-11-13-24(14-12-23)20(27)28-21(3,4)5/h9-10,15H,6-8,11-14H2,1-5H3. The van der Waals surface area contributed by atoms with Crippen LogP contribution < -0.4 is 9.80 Å². The molecule has 7 heteroatoms. The molecule has 0 atom stereocenters. The molecular weight excluding hydrogens is 361 g/mol. The van der Waals surface area contributed by atoms with E-state index in [2.05, 4.69) is 0 Å². The molecule has 0 aromatic heterocycles. The first-order valence-corrected chi connectivity index (χ1v) is 9.99. The van der Waals surface area contributed by atoms with E-state index in [1.165, 1.54) is 6.07 Å². The van der Waals surface area contributed by atoms with E-state index in [-0.39, 0.29) is 17.8 Å². The van der Waals surface area contributed by atoms with E-state index in [4.69, 9.17) is 4.74 Å². The number of amides is 2. The van der Waals surface area contributed by atoms with Gasteiger partial charge in [-0.15, -0.1) is 0 Å². The predicted octanol–water partition coefficient (Wildman–Crippen LogP) is 4.04. The van der Waals surface area contributed by atoms with Gasteiger partial charge in [0.15, 0.2) is 0 Å². The number of halogens is 1. The molecule has 1 aliphatic rings. The third-order valence-electron chi connectivity index (χ3n) is 4.60. The van der Waals surface area contributed by atoms with Crippen LogP contribution in [-0.4, -0.2) is 55.2 Å². The minimum atomic E-state index is -0.531. The van der Waals surface area contributed by atoms with Gasteiger partial charge < -0.3 is 19.4 Å². The van der Waals surface area contributed by atoms with Crippen LogP contribution >= 0.6 is 0 Å². The average molecular weight is 394 g/mol. The lowest BCUT2D eigenvalue weighted by Crippen LogP contribution is -2.50. The number of carbonyl (C=O) groups excluding carboxylic acids is 2. The van der Waals surface area contributed by atoms with Crippen LogP contribution in [0.25, 0.3) is 0 Å². The highest BCUT2D eigenvalue weighted by atomic mass is 19.1. The number of anilines is 2. The quantitative estimate of drug-likeness (QED) is 0.758. The maximum absolute atomic E-state index is 14.8. The van der Waals surface area contributed by atoms with Crippen molar-refractivity contribution in [3.63, 3.8) is 0 Å². The first kappa shape index (κ1) is 22.0. The van der Waals surface area contributed by atoms with Gasteiger partial charge in [0.1, 0.15) is 11.4 Å². The van der Waals surface area contributed by atoms with E-state index < -0.39 is 5.60 Å². The summed E-state index contributed by atoms with van der Waals surface area (Å²) in [7, 11) is 0. The van der Waals surface area contributed by atoms with Crippen molar-refractivity contribution in [3.8, 4) is 0 Å². The van der Waals surface area contributed by atoms with Gasteiger partial charge in [0.2, 0.25) is 5.91 Å². The van der Waals surface area contributed by atoms with Crippen LogP contribution in [0.1, 0.15) is 47.5 Å². The summed E-state index contributed by atoms with van der Waals surface area (Å²) < 4.78 is 20.2. The van der Waals surface area contributed by atoms with Crippen molar-refractivity contribution in [1.29, 1.82) is 0 Å². The molecule has 0 unspecified atom stereocenters. The summed E-state index contributed by atoms with van der Waals surface area (Å²) >= 11 is 0. The normalized spacial score (nSPS) is 14.8. The second kappa shape index (κ2) is 9.26. The molecule has 2 amide bonds. The molecule has 2 rings (SSSR count). The van der Waals surface area contributed by atoms with Gasteiger partial charge in [-0.3, -0.25) is 4.79 Å². The first-order chi connectivity index (χ1) is 13.2. The Morgan fingerprint density at radius 2 is 1.79 bits per heavy atom. The highest BCUT2D eigenvalue weighted by Gasteiger charge is 2.27. The van der Waals surface area contributed by atoms with Gasteiger partial charge in [0, 0.05) is 44.8 Å². The zero-order chi connectivity index (χ0) is 20.9. The van der Waals surface area contributed by atoms with Crippen LogP contribution in [0.5, 0.6) is 0 Å². The number of rotatable bonds is 5. The number of benzene rings is 1. The maximum atomic E-state index is 14.8. The van der Waals surface area contributed by atoms with Crippen molar-refractivity contribution < 1.29 is 18.7 Å². The number of hydrogen-bond donors (Lipinski definition) is 0. The van der Waals surface area contributed by atoms with Crippen LogP contribution in [0.4, 0.5) is 20.6 Å². The van der Waals surface area contributed by atoms with E-state index in [1.54, 1.807) is 21.9 Å². The molecule has 1 saturated heterocycles. The van der Waals surface area contributed by atoms with Crippen molar-refractivity contribution in [3.05, 3.63) is 24.0 Å². The van der Waals surface area contributed by atoms with Gasteiger partial charge in [0.05, 0.1) is 5.69 Å². The number of ether oxygens (including phenoxy) is 1. The Kier molecular flexibility index (Phi) is 7.27. The lowest BCUT2D eigenvalue weighted by atomic mass is 10.2. The Balaban J connectivity index is 2.04. The topological polar surface area (TPSA) is 53.1 Å². The minimum Gasteiger partial charge on any atom is -0.444 e. The summed E-state index contributed by atoms with van der Waals surface area (Å²) in [6, 6.07) is 4.93. The fraction of sp³-hybridized carbons (Fsp3) is 0.619. The van der Waals surface area contributed by atoms with Gasteiger partial charge >= 0.3 is 6.09 Å². The molecule has 0 radical (unpaired) electrons. The van der Waals surface area contributed by atoms with E-state index in [0.29, 0.717) is 50.5 Å². The number of piperazine rings is 1.